The van der Waals surface area contributed by atoms with Crippen LogP contribution in [-0.4, -0.2) is 6.04 Å². The number of hydrogen-bond donors (Lipinski definition) is 1. The van der Waals surface area contributed by atoms with Gasteiger partial charge in [-0.15, -0.1) is 0 Å². The van der Waals surface area contributed by atoms with Crippen molar-refractivity contribution in [1.82, 2.24) is 0 Å². The third-order valence-electron chi connectivity index (χ3n) is 5.02. The van der Waals surface area contributed by atoms with Crippen LogP contribution in [0.1, 0.15) is 50.5 Å². The summed E-state index contributed by atoms with van der Waals surface area (Å²) >= 11 is 3.68. The van der Waals surface area contributed by atoms with Gasteiger partial charge < -0.3 is 5.32 Å². The van der Waals surface area contributed by atoms with Gasteiger partial charge in [-0.25, -0.2) is 0 Å². The molecule has 2 fully saturated rings. The first-order valence-electron chi connectivity index (χ1n) is 7.75. The molecule has 0 spiro atoms. The standard InChI is InChI=1S/C17H24BrN/c1-12-6-9-17(16(18)10-12)19-15-8-7-13-4-2-3-5-14(13)11-15/h6,9-10,13-15,19H,2-5,7-8,11H2,1H3. The third kappa shape index (κ3) is 3.16. The molecule has 0 saturated heterocycles. The van der Waals surface area contributed by atoms with Crippen molar-refractivity contribution in [3.63, 3.8) is 0 Å². The van der Waals surface area contributed by atoms with Crippen molar-refractivity contribution in [1.29, 1.82) is 0 Å². The van der Waals surface area contributed by atoms with Crippen LogP contribution in [0.5, 0.6) is 0 Å². The summed E-state index contributed by atoms with van der Waals surface area (Å²) in [6.07, 6.45) is 10.1. The first kappa shape index (κ1) is 13.5. The van der Waals surface area contributed by atoms with E-state index in [1.165, 1.54) is 60.7 Å². The van der Waals surface area contributed by atoms with E-state index in [1.807, 2.05) is 0 Å². The molecular weight excluding hydrogens is 298 g/mol. The van der Waals surface area contributed by atoms with Gasteiger partial charge in [0.05, 0.1) is 0 Å². The molecule has 1 aromatic carbocycles. The summed E-state index contributed by atoms with van der Waals surface area (Å²) in [6, 6.07) is 7.29. The van der Waals surface area contributed by atoms with Crippen molar-refractivity contribution in [2.45, 2.75) is 57.9 Å². The number of hydrogen-bond acceptors (Lipinski definition) is 1. The highest BCUT2D eigenvalue weighted by Gasteiger charge is 2.32. The molecule has 3 atom stereocenters. The summed E-state index contributed by atoms with van der Waals surface area (Å²) in [6.45, 7) is 2.14. The fourth-order valence-corrected chi connectivity index (χ4v) is 4.57. The zero-order valence-electron chi connectivity index (χ0n) is 11.8. The van der Waals surface area contributed by atoms with Crippen molar-refractivity contribution < 1.29 is 0 Å². The Morgan fingerprint density at radius 1 is 1.05 bits per heavy atom. The molecule has 0 heterocycles. The van der Waals surface area contributed by atoms with E-state index in [0.29, 0.717) is 6.04 Å². The van der Waals surface area contributed by atoms with Crippen LogP contribution in [0.25, 0.3) is 0 Å². The Balaban J connectivity index is 1.64. The van der Waals surface area contributed by atoms with Gasteiger partial charge in [-0.05, 0) is 71.6 Å². The summed E-state index contributed by atoms with van der Waals surface area (Å²) in [5.41, 5.74) is 2.58. The molecule has 1 nitrogen and oxygen atoms in total. The summed E-state index contributed by atoms with van der Waals surface area (Å²) in [4.78, 5) is 0. The van der Waals surface area contributed by atoms with Crippen LogP contribution in [0, 0.1) is 18.8 Å². The second-order valence-corrected chi connectivity index (χ2v) is 7.30. The van der Waals surface area contributed by atoms with E-state index in [0.717, 1.165) is 11.8 Å². The van der Waals surface area contributed by atoms with Crippen LogP contribution in [0.2, 0.25) is 0 Å². The van der Waals surface area contributed by atoms with Gasteiger partial charge in [-0.1, -0.05) is 31.7 Å². The van der Waals surface area contributed by atoms with Crippen molar-refractivity contribution in [3.05, 3.63) is 28.2 Å². The van der Waals surface area contributed by atoms with Gasteiger partial charge >= 0.3 is 0 Å². The Kier molecular flexibility index (Phi) is 4.16. The number of aryl methyl sites for hydroxylation is 1. The SMILES string of the molecule is Cc1ccc(NC2CCC3CCCCC3C2)c(Br)c1. The molecule has 104 valence electrons. The Morgan fingerprint density at radius 3 is 2.63 bits per heavy atom. The van der Waals surface area contributed by atoms with E-state index in [4.69, 9.17) is 0 Å². The van der Waals surface area contributed by atoms with E-state index < -0.39 is 0 Å². The Labute approximate surface area is 125 Å². The number of benzene rings is 1. The van der Waals surface area contributed by atoms with Crippen LogP contribution >= 0.6 is 15.9 Å². The fourth-order valence-electron chi connectivity index (χ4n) is 3.96. The highest BCUT2D eigenvalue weighted by atomic mass is 79.9. The van der Waals surface area contributed by atoms with Crippen LogP contribution in [-0.2, 0) is 0 Å². The summed E-state index contributed by atoms with van der Waals surface area (Å²) in [5.74, 6) is 2.03. The van der Waals surface area contributed by atoms with Gasteiger partial charge in [-0.2, -0.15) is 0 Å². The molecule has 3 unspecified atom stereocenters. The average molecular weight is 322 g/mol. The summed E-state index contributed by atoms with van der Waals surface area (Å²) in [5, 5.41) is 3.76. The highest BCUT2D eigenvalue weighted by molar-refractivity contribution is 9.10. The fraction of sp³-hybridized carbons (Fsp3) is 0.647. The second-order valence-electron chi connectivity index (χ2n) is 6.44. The van der Waals surface area contributed by atoms with Crippen molar-refractivity contribution in [3.8, 4) is 0 Å². The molecule has 2 saturated carbocycles. The first-order chi connectivity index (χ1) is 9.22. The normalized spacial score (nSPS) is 30.7. The molecule has 0 amide bonds. The van der Waals surface area contributed by atoms with Gasteiger partial charge in [0.1, 0.15) is 0 Å². The molecule has 19 heavy (non-hydrogen) atoms. The maximum absolute atomic E-state index is 3.76. The smallest absolute Gasteiger partial charge is 0.0486 e. The molecule has 1 N–H and O–H groups in total. The minimum Gasteiger partial charge on any atom is -0.381 e. The second kappa shape index (κ2) is 5.87. The van der Waals surface area contributed by atoms with E-state index in [1.54, 1.807) is 0 Å². The molecule has 0 aliphatic heterocycles. The Morgan fingerprint density at radius 2 is 1.84 bits per heavy atom. The lowest BCUT2D eigenvalue weighted by Gasteiger charge is -2.40. The van der Waals surface area contributed by atoms with Crippen LogP contribution in [0.4, 0.5) is 5.69 Å². The largest absolute Gasteiger partial charge is 0.381 e. The molecule has 0 aromatic heterocycles. The average Bonchev–Trinajstić information content (AvgIpc) is 2.42. The Bertz CT molecular complexity index is 443. The number of anilines is 1. The lowest BCUT2D eigenvalue weighted by atomic mass is 9.69. The van der Waals surface area contributed by atoms with E-state index in [9.17, 15) is 0 Å². The number of nitrogens with one attached hydrogen (secondary N) is 1. The third-order valence-corrected chi connectivity index (χ3v) is 5.68. The first-order valence-corrected chi connectivity index (χ1v) is 8.54. The number of fused-ring (bicyclic) bond motifs is 1. The topological polar surface area (TPSA) is 12.0 Å². The summed E-state index contributed by atoms with van der Waals surface area (Å²) < 4.78 is 1.21. The molecular formula is C17H24BrN. The molecule has 3 rings (SSSR count). The van der Waals surface area contributed by atoms with Gasteiger partial charge in [0.15, 0.2) is 0 Å². The maximum Gasteiger partial charge on any atom is 0.0486 e. The van der Waals surface area contributed by atoms with Gasteiger partial charge in [0, 0.05) is 16.2 Å². The Hall–Kier alpha value is -0.500. The van der Waals surface area contributed by atoms with E-state index >= 15 is 0 Å². The maximum atomic E-state index is 3.76. The molecule has 0 radical (unpaired) electrons. The highest BCUT2D eigenvalue weighted by Crippen LogP contribution is 2.41. The monoisotopic (exact) mass is 321 g/mol. The molecule has 1 aromatic rings. The minimum absolute atomic E-state index is 0.679. The van der Waals surface area contributed by atoms with Crippen LogP contribution in [0.15, 0.2) is 22.7 Å². The molecule has 2 aliphatic rings. The zero-order chi connectivity index (χ0) is 13.2. The number of rotatable bonds is 2. The van der Waals surface area contributed by atoms with Crippen LogP contribution < -0.4 is 5.32 Å². The predicted octanol–water partition coefficient (Wildman–Crippen LogP) is 5.53. The molecule has 2 aliphatic carbocycles. The van der Waals surface area contributed by atoms with E-state index in [2.05, 4.69) is 46.4 Å². The zero-order valence-corrected chi connectivity index (χ0v) is 13.4. The lowest BCUT2D eigenvalue weighted by Crippen LogP contribution is -2.34. The van der Waals surface area contributed by atoms with Gasteiger partial charge in [0.25, 0.3) is 0 Å². The van der Waals surface area contributed by atoms with Crippen molar-refractivity contribution >= 4 is 21.6 Å². The molecule has 2 heteroatoms. The van der Waals surface area contributed by atoms with Crippen LogP contribution in [0.3, 0.4) is 0 Å². The van der Waals surface area contributed by atoms with Gasteiger partial charge in [0.2, 0.25) is 0 Å². The lowest BCUT2D eigenvalue weighted by molar-refractivity contribution is 0.162. The summed E-state index contributed by atoms with van der Waals surface area (Å²) in [7, 11) is 0. The molecule has 0 bridgehead atoms. The van der Waals surface area contributed by atoms with Gasteiger partial charge in [-0.3, -0.25) is 0 Å². The van der Waals surface area contributed by atoms with E-state index in [-0.39, 0.29) is 0 Å². The van der Waals surface area contributed by atoms with Crippen molar-refractivity contribution in [2.24, 2.45) is 11.8 Å². The van der Waals surface area contributed by atoms with Crippen molar-refractivity contribution in [2.75, 3.05) is 5.32 Å². The quantitative estimate of drug-likeness (QED) is 0.755. The number of halogens is 1. The minimum atomic E-state index is 0.679. The predicted molar refractivity (Wildman–Crippen MR) is 85.6 cm³/mol.